The Bertz CT molecular complexity index is 706. The van der Waals surface area contributed by atoms with E-state index >= 15 is 0 Å². The molecule has 1 atom stereocenters. The fourth-order valence-corrected chi connectivity index (χ4v) is 3.39. The van der Waals surface area contributed by atoms with Crippen molar-refractivity contribution in [1.82, 2.24) is 24.8 Å². The van der Waals surface area contributed by atoms with Crippen LogP contribution in [0.2, 0.25) is 0 Å². The van der Waals surface area contributed by atoms with E-state index in [1.165, 1.54) is 5.69 Å². The van der Waals surface area contributed by atoms with Gasteiger partial charge in [0, 0.05) is 31.6 Å². The van der Waals surface area contributed by atoms with Gasteiger partial charge < -0.3 is 9.42 Å². The Kier molecular flexibility index (Phi) is 4.97. The third-order valence-electron chi connectivity index (χ3n) is 4.49. The lowest BCUT2D eigenvalue weighted by Gasteiger charge is -2.33. The van der Waals surface area contributed by atoms with Crippen molar-refractivity contribution in [2.75, 3.05) is 13.1 Å². The summed E-state index contributed by atoms with van der Waals surface area (Å²) >= 11 is 0. The number of rotatable bonds is 5. The summed E-state index contributed by atoms with van der Waals surface area (Å²) in [4.78, 5) is 18.6. The molecule has 1 saturated heterocycles. The first kappa shape index (κ1) is 16.7. The van der Waals surface area contributed by atoms with Crippen LogP contribution in [0.5, 0.6) is 0 Å². The highest BCUT2D eigenvalue weighted by atomic mass is 16.5. The molecule has 1 amide bonds. The first-order chi connectivity index (χ1) is 11.5. The average Bonchev–Trinajstić information content (AvgIpc) is 3.12. The molecular formula is C17H25N5O2. The average molecular weight is 331 g/mol. The molecule has 0 aliphatic carbocycles. The second-order valence-corrected chi connectivity index (χ2v) is 6.60. The maximum absolute atomic E-state index is 12.5. The Morgan fingerprint density at radius 1 is 1.38 bits per heavy atom. The minimum atomic E-state index is 0.206. The van der Waals surface area contributed by atoms with E-state index in [0.29, 0.717) is 24.6 Å². The molecule has 1 unspecified atom stereocenters. The second-order valence-electron chi connectivity index (χ2n) is 6.60. The van der Waals surface area contributed by atoms with Crippen molar-refractivity contribution in [1.29, 1.82) is 0 Å². The molecule has 130 valence electrons. The fraction of sp³-hybridized carbons (Fsp3) is 0.647. The number of piperidine rings is 1. The molecule has 7 heteroatoms. The summed E-state index contributed by atoms with van der Waals surface area (Å²) in [6.45, 7) is 7.47. The van der Waals surface area contributed by atoms with E-state index in [4.69, 9.17) is 4.52 Å². The smallest absolute Gasteiger partial charge is 0.226 e. The van der Waals surface area contributed by atoms with Crippen molar-refractivity contribution in [2.45, 2.75) is 58.9 Å². The van der Waals surface area contributed by atoms with Crippen molar-refractivity contribution < 1.29 is 9.32 Å². The molecule has 0 N–H and O–H groups in total. The van der Waals surface area contributed by atoms with Gasteiger partial charge in [0.15, 0.2) is 5.82 Å². The second kappa shape index (κ2) is 7.15. The predicted molar refractivity (Wildman–Crippen MR) is 88.5 cm³/mol. The van der Waals surface area contributed by atoms with Gasteiger partial charge in [-0.15, -0.1) is 0 Å². The van der Waals surface area contributed by atoms with Crippen LogP contribution in [0, 0.1) is 20.8 Å². The molecule has 24 heavy (non-hydrogen) atoms. The molecule has 0 aromatic carbocycles. The van der Waals surface area contributed by atoms with E-state index in [1.807, 2.05) is 11.8 Å². The molecule has 7 nitrogen and oxygen atoms in total. The number of hydrogen-bond acceptors (Lipinski definition) is 5. The van der Waals surface area contributed by atoms with E-state index in [9.17, 15) is 4.79 Å². The Hall–Kier alpha value is -2.18. The van der Waals surface area contributed by atoms with Gasteiger partial charge in [-0.25, -0.2) is 0 Å². The molecule has 0 bridgehead atoms. The molecule has 3 rings (SSSR count). The maximum Gasteiger partial charge on any atom is 0.226 e. The van der Waals surface area contributed by atoms with Crippen molar-refractivity contribution in [3.05, 3.63) is 29.2 Å². The molecule has 1 fully saturated rings. The third-order valence-corrected chi connectivity index (χ3v) is 4.49. The highest BCUT2D eigenvalue weighted by Gasteiger charge is 2.25. The number of likely N-dealkylation sites (tertiary alicyclic amines) is 1. The first-order valence-electron chi connectivity index (χ1n) is 8.62. The van der Waals surface area contributed by atoms with Crippen LogP contribution in [0.15, 0.2) is 10.6 Å². The number of carbonyl (C=O) groups excluding carboxylic acids is 1. The van der Waals surface area contributed by atoms with Crippen molar-refractivity contribution in [2.24, 2.45) is 0 Å². The molecule has 0 saturated carbocycles. The standard InChI is InChI=1S/C17H25N5O2/c1-12-10-13(2)22(19-12)15-6-5-9-21(11-15)17(23)8-4-7-16-18-14(3)20-24-16/h10,15H,4-9,11H2,1-3H3. The van der Waals surface area contributed by atoms with Crippen LogP contribution < -0.4 is 0 Å². The normalized spacial score (nSPS) is 18.1. The van der Waals surface area contributed by atoms with Crippen LogP contribution in [0.3, 0.4) is 0 Å². The Labute approximate surface area is 142 Å². The maximum atomic E-state index is 12.5. The third kappa shape index (κ3) is 3.83. The van der Waals surface area contributed by atoms with E-state index in [1.54, 1.807) is 6.92 Å². The largest absolute Gasteiger partial charge is 0.341 e. The summed E-state index contributed by atoms with van der Waals surface area (Å²) in [5, 5.41) is 8.35. The first-order valence-corrected chi connectivity index (χ1v) is 8.62. The fourth-order valence-electron chi connectivity index (χ4n) is 3.39. The van der Waals surface area contributed by atoms with Crippen molar-refractivity contribution in [3.8, 4) is 0 Å². The highest BCUT2D eigenvalue weighted by molar-refractivity contribution is 5.76. The molecule has 2 aromatic rings. The van der Waals surface area contributed by atoms with Crippen LogP contribution in [-0.2, 0) is 11.2 Å². The lowest BCUT2D eigenvalue weighted by molar-refractivity contribution is -0.133. The zero-order chi connectivity index (χ0) is 17.1. The lowest BCUT2D eigenvalue weighted by Crippen LogP contribution is -2.41. The number of aromatic nitrogens is 4. The van der Waals surface area contributed by atoms with Crippen LogP contribution >= 0.6 is 0 Å². The molecular weight excluding hydrogens is 306 g/mol. The molecule has 1 aliphatic heterocycles. The van der Waals surface area contributed by atoms with Gasteiger partial charge in [-0.2, -0.15) is 10.1 Å². The summed E-state index contributed by atoms with van der Waals surface area (Å²) in [5.74, 6) is 1.46. The number of hydrogen-bond donors (Lipinski definition) is 0. The van der Waals surface area contributed by atoms with Gasteiger partial charge in [0.05, 0.1) is 11.7 Å². The van der Waals surface area contributed by atoms with Gasteiger partial charge in [0.1, 0.15) is 0 Å². The number of carbonyl (C=O) groups is 1. The zero-order valence-corrected chi connectivity index (χ0v) is 14.7. The quantitative estimate of drug-likeness (QED) is 0.840. The van der Waals surface area contributed by atoms with Gasteiger partial charge >= 0.3 is 0 Å². The number of nitrogens with zero attached hydrogens (tertiary/aromatic N) is 5. The summed E-state index contributed by atoms with van der Waals surface area (Å²) < 4.78 is 7.16. The molecule has 0 spiro atoms. The summed E-state index contributed by atoms with van der Waals surface area (Å²) in [6.07, 6.45) is 4.01. The van der Waals surface area contributed by atoms with Crippen LogP contribution in [0.1, 0.15) is 54.8 Å². The van der Waals surface area contributed by atoms with E-state index in [0.717, 1.165) is 38.0 Å². The monoisotopic (exact) mass is 331 g/mol. The van der Waals surface area contributed by atoms with Gasteiger partial charge in [0.2, 0.25) is 11.8 Å². The minimum absolute atomic E-state index is 0.206. The predicted octanol–water partition coefficient (Wildman–Crippen LogP) is 2.38. The SMILES string of the molecule is Cc1cc(C)n(C2CCCN(C(=O)CCCc3nc(C)no3)C2)n1. The topological polar surface area (TPSA) is 77.0 Å². The summed E-state index contributed by atoms with van der Waals surface area (Å²) in [5.41, 5.74) is 2.20. The minimum Gasteiger partial charge on any atom is -0.341 e. The Morgan fingerprint density at radius 3 is 2.88 bits per heavy atom. The van der Waals surface area contributed by atoms with Crippen LogP contribution in [-0.4, -0.2) is 43.8 Å². The van der Waals surface area contributed by atoms with Gasteiger partial charge in [-0.3, -0.25) is 9.48 Å². The van der Waals surface area contributed by atoms with Gasteiger partial charge in [-0.05, 0) is 46.1 Å². The van der Waals surface area contributed by atoms with Crippen LogP contribution in [0.4, 0.5) is 0 Å². The Balaban J connectivity index is 1.52. The van der Waals surface area contributed by atoms with Gasteiger partial charge in [-0.1, -0.05) is 5.16 Å². The zero-order valence-electron chi connectivity index (χ0n) is 14.7. The Morgan fingerprint density at radius 2 is 2.21 bits per heavy atom. The lowest BCUT2D eigenvalue weighted by atomic mass is 10.0. The van der Waals surface area contributed by atoms with E-state index in [-0.39, 0.29) is 11.9 Å². The van der Waals surface area contributed by atoms with Crippen molar-refractivity contribution in [3.63, 3.8) is 0 Å². The summed E-state index contributed by atoms with van der Waals surface area (Å²) in [6, 6.07) is 2.38. The molecule has 3 heterocycles. The molecule has 0 radical (unpaired) electrons. The van der Waals surface area contributed by atoms with E-state index < -0.39 is 0 Å². The number of aryl methyl sites for hydroxylation is 4. The van der Waals surface area contributed by atoms with Gasteiger partial charge in [0.25, 0.3) is 0 Å². The highest BCUT2D eigenvalue weighted by Crippen LogP contribution is 2.23. The van der Waals surface area contributed by atoms with Crippen LogP contribution in [0.25, 0.3) is 0 Å². The number of amides is 1. The molecule has 1 aliphatic rings. The van der Waals surface area contributed by atoms with E-state index in [2.05, 4.69) is 32.9 Å². The molecule has 2 aromatic heterocycles. The van der Waals surface area contributed by atoms with Crippen molar-refractivity contribution >= 4 is 5.91 Å². The summed E-state index contributed by atoms with van der Waals surface area (Å²) in [7, 11) is 0.